The summed E-state index contributed by atoms with van der Waals surface area (Å²) >= 11 is 0. The van der Waals surface area contributed by atoms with Gasteiger partial charge in [0.1, 0.15) is 18.2 Å². The lowest BCUT2D eigenvalue weighted by Gasteiger charge is -2.34. The van der Waals surface area contributed by atoms with E-state index in [0.717, 1.165) is 29.5 Å². The molecule has 3 heterocycles. The van der Waals surface area contributed by atoms with Gasteiger partial charge in [0.25, 0.3) is 0 Å². The molecule has 1 saturated heterocycles. The van der Waals surface area contributed by atoms with Crippen molar-refractivity contribution in [3.8, 4) is 0 Å². The number of nitrogens with zero attached hydrogens (tertiary/aromatic N) is 2. The Balaban J connectivity index is 1.61. The van der Waals surface area contributed by atoms with Crippen molar-refractivity contribution in [3.63, 3.8) is 0 Å². The van der Waals surface area contributed by atoms with E-state index in [0.29, 0.717) is 13.1 Å². The van der Waals surface area contributed by atoms with Crippen LogP contribution < -0.4 is 11.1 Å². The summed E-state index contributed by atoms with van der Waals surface area (Å²) in [6.07, 6.45) is 3.97. The van der Waals surface area contributed by atoms with Gasteiger partial charge in [-0.3, -0.25) is 14.5 Å². The maximum atomic E-state index is 13.7. The second-order valence-corrected chi connectivity index (χ2v) is 11.6. The van der Waals surface area contributed by atoms with Crippen molar-refractivity contribution < 1.29 is 28.7 Å². The third-order valence-corrected chi connectivity index (χ3v) is 7.42. The second-order valence-electron chi connectivity index (χ2n) is 11.6. The quantitative estimate of drug-likeness (QED) is 0.578. The fraction of sp³-hybridized carbons (Fsp3) is 0.571. The Morgan fingerprint density at radius 3 is 2.63 bits per heavy atom. The first kappa shape index (κ1) is 27.5. The van der Waals surface area contributed by atoms with Crippen LogP contribution in [0.5, 0.6) is 0 Å². The minimum absolute atomic E-state index is 0.00724. The van der Waals surface area contributed by atoms with Gasteiger partial charge in [0, 0.05) is 13.0 Å². The Morgan fingerprint density at radius 1 is 1.16 bits per heavy atom. The van der Waals surface area contributed by atoms with Crippen LogP contribution in [-0.2, 0) is 32.2 Å². The summed E-state index contributed by atoms with van der Waals surface area (Å²) in [6.45, 7) is 8.52. The molecule has 10 nitrogen and oxygen atoms in total. The highest BCUT2D eigenvalue weighted by atomic mass is 16.6. The molecule has 38 heavy (non-hydrogen) atoms. The lowest BCUT2D eigenvalue weighted by molar-refractivity contribution is -0.141. The minimum atomic E-state index is -0.971. The molecule has 4 bridgehead atoms. The first-order valence-corrected chi connectivity index (χ1v) is 13.2. The third kappa shape index (κ3) is 6.11. The number of carbonyl (C=O) groups is 4. The van der Waals surface area contributed by atoms with E-state index in [1.807, 2.05) is 45.9 Å². The molecule has 4 amide bonds. The van der Waals surface area contributed by atoms with Crippen LogP contribution in [0.3, 0.4) is 0 Å². The molecule has 206 valence electrons. The number of allylic oxidation sites excluding steroid dienone is 1. The van der Waals surface area contributed by atoms with Crippen molar-refractivity contribution in [2.45, 2.75) is 78.2 Å². The van der Waals surface area contributed by atoms with E-state index < -0.39 is 47.6 Å². The molecule has 1 fully saturated rings. The van der Waals surface area contributed by atoms with Crippen LogP contribution >= 0.6 is 0 Å². The highest BCUT2D eigenvalue weighted by Crippen LogP contribution is 2.30. The van der Waals surface area contributed by atoms with Gasteiger partial charge in [-0.05, 0) is 40.9 Å². The van der Waals surface area contributed by atoms with Crippen molar-refractivity contribution in [1.29, 1.82) is 0 Å². The fourth-order valence-corrected chi connectivity index (χ4v) is 5.21. The summed E-state index contributed by atoms with van der Waals surface area (Å²) in [5, 5.41) is 2.69. The number of nitrogens with one attached hydrogen (secondary N) is 1. The maximum Gasteiger partial charge on any atom is 0.410 e. The predicted octanol–water partition coefficient (Wildman–Crippen LogP) is 3.18. The molecular formula is C28H38N4O6. The highest BCUT2D eigenvalue weighted by molar-refractivity contribution is 5.92. The van der Waals surface area contributed by atoms with Gasteiger partial charge in [-0.1, -0.05) is 58.0 Å². The third-order valence-electron chi connectivity index (χ3n) is 7.42. The van der Waals surface area contributed by atoms with E-state index in [4.69, 9.17) is 15.2 Å². The van der Waals surface area contributed by atoms with Gasteiger partial charge in [-0.25, -0.2) is 9.59 Å². The van der Waals surface area contributed by atoms with Crippen LogP contribution in [-0.4, -0.2) is 65.1 Å². The molecular weight excluding hydrogens is 488 g/mol. The van der Waals surface area contributed by atoms with E-state index in [1.165, 1.54) is 4.90 Å². The standard InChI is InChI=1S/C28H38N4O6/c1-17-8-5-6-9-18-10-7-11-19-13-31(15-21(18)19)27(36)38-20-12-22(24(29)33)32(14-20)25(34)23(28(2,3)4)30-26(35)37-16-17/h6-7,9-11,17,20,22-23H,5,8,12-16H2,1-4H3,(H2,29,33)(H,30,35)/b9-6+/t17?,20-,22+,23?/m1/s1. The zero-order chi connectivity index (χ0) is 27.6. The fourth-order valence-electron chi connectivity index (χ4n) is 5.21. The molecule has 2 unspecified atom stereocenters. The van der Waals surface area contributed by atoms with Gasteiger partial charge in [0.15, 0.2) is 0 Å². The summed E-state index contributed by atoms with van der Waals surface area (Å²) in [5.41, 5.74) is 8.15. The number of amides is 4. The average molecular weight is 527 g/mol. The number of cyclic esters (lactones) is 1. The molecule has 4 rings (SSSR count). The molecule has 1 aromatic carbocycles. The van der Waals surface area contributed by atoms with Crippen molar-refractivity contribution in [2.75, 3.05) is 13.2 Å². The zero-order valence-corrected chi connectivity index (χ0v) is 22.6. The number of fused-ring (bicyclic) bond motifs is 3. The lowest BCUT2D eigenvalue weighted by Crippen LogP contribution is -2.57. The topological polar surface area (TPSA) is 131 Å². The number of carbonyl (C=O) groups excluding carboxylic acids is 4. The molecule has 0 saturated carbocycles. The van der Waals surface area contributed by atoms with E-state index in [1.54, 1.807) is 4.90 Å². The second kappa shape index (κ2) is 11.0. The Hall–Kier alpha value is -3.56. The molecule has 4 atom stereocenters. The molecule has 10 heteroatoms. The van der Waals surface area contributed by atoms with Crippen LogP contribution in [0.1, 0.15) is 63.6 Å². The van der Waals surface area contributed by atoms with Gasteiger partial charge < -0.3 is 25.4 Å². The first-order chi connectivity index (χ1) is 17.9. The van der Waals surface area contributed by atoms with Gasteiger partial charge in [0.2, 0.25) is 11.8 Å². The normalized spacial score (nSPS) is 27.8. The Labute approximate surface area is 223 Å². The molecule has 3 aliphatic heterocycles. The first-order valence-electron chi connectivity index (χ1n) is 13.2. The number of hydrogen-bond donors (Lipinski definition) is 2. The summed E-state index contributed by atoms with van der Waals surface area (Å²) in [7, 11) is 0. The number of alkyl carbamates (subject to hydrolysis) is 1. The summed E-state index contributed by atoms with van der Waals surface area (Å²) in [4.78, 5) is 54.7. The van der Waals surface area contributed by atoms with Crippen LogP contribution in [0.15, 0.2) is 24.3 Å². The number of hydrogen-bond acceptors (Lipinski definition) is 6. The average Bonchev–Trinajstić information content (AvgIpc) is 3.47. The van der Waals surface area contributed by atoms with Crippen LogP contribution in [0.4, 0.5) is 9.59 Å². The molecule has 0 radical (unpaired) electrons. The Bertz CT molecular complexity index is 1130. The van der Waals surface area contributed by atoms with Crippen LogP contribution in [0.25, 0.3) is 6.08 Å². The van der Waals surface area contributed by atoms with Crippen LogP contribution in [0, 0.1) is 11.3 Å². The zero-order valence-electron chi connectivity index (χ0n) is 22.6. The summed E-state index contributed by atoms with van der Waals surface area (Å²) in [5.74, 6) is -1.04. The van der Waals surface area contributed by atoms with E-state index in [-0.39, 0.29) is 25.5 Å². The van der Waals surface area contributed by atoms with Gasteiger partial charge >= 0.3 is 12.2 Å². The van der Waals surface area contributed by atoms with E-state index in [2.05, 4.69) is 17.5 Å². The van der Waals surface area contributed by atoms with Crippen molar-refractivity contribution in [1.82, 2.24) is 15.1 Å². The number of nitrogens with two attached hydrogens (primary N) is 1. The Morgan fingerprint density at radius 2 is 1.92 bits per heavy atom. The molecule has 3 N–H and O–H groups in total. The molecule has 3 aliphatic rings. The number of rotatable bonds is 1. The predicted molar refractivity (Wildman–Crippen MR) is 140 cm³/mol. The molecule has 0 aliphatic carbocycles. The maximum absolute atomic E-state index is 13.7. The Kier molecular flexibility index (Phi) is 7.99. The molecule has 0 spiro atoms. The van der Waals surface area contributed by atoms with Crippen molar-refractivity contribution >= 4 is 30.1 Å². The van der Waals surface area contributed by atoms with Crippen molar-refractivity contribution in [2.24, 2.45) is 17.1 Å². The highest BCUT2D eigenvalue weighted by Gasteiger charge is 2.46. The smallest absolute Gasteiger partial charge is 0.410 e. The summed E-state index contributed by atoms with van der Waals surface area (Å²) < 4.78 is 11.2. The van der Waals surface area contributed by atoms with Gasteiger partial charge in [-0.2, -0.15) is 0 Å². The number of ether oxygens (including phenoxy) is 2. The number of primary amides is 1. The monoisotopic (exact) mass is 526 g/mol. The SMILES string of the molecule is CC1CC/C=C/c2cccc3c2CN(C3)C(=O)O[C@@H]2C[C@@H](C(N)=O)N(C2)C(=O)C(C(C)(C)C)NC(=O)OC1. The molecule has 0 aromatic heterocycles. The van der Waals surface area contributed by atoms with Gasteiger partial charge in [-0.15, -0.1) is 0 Å². The largest absolute Gasteiger partial charge is 0.449 e. The van der Waals surface area contributed by atoms with E-state index in [9.17, 15) is 19.2 Å². The molecule has 1 aromatic rings. The summed E-state index contributed by atoms with van der Waals surface area (Å²) in [6, 6.07) is 4.08. The van der Waals surface area contributed by atoms with E-state index >= 15 is 0 Å². The lowest BCUT2D eigenvalue weighted by atomic mass is 9.85. The van der Waals surface area contributed by atoms with Crippen LogP contribution in [0.2, 0.25) is 0 Å². The van der Waals surface area contributed by atoms with Crippen molar-refractivity contribution in [3.05, 3.63) is 41.0 Å². The number of benzene rings is 1. The minimum Gasteiger partial charge on any atom is -0.449 e. The van der Waals surface area contributed by atoms with Gasteiger partial charge in [0.05, 0.1) is 19.7 Å².